The molecule has 30 heavy (non-hydrogen) atoms. The number of hydrogen-bond acceptors (Lipinski definition) is 2. The van der Waals surface area contributed by atoms with Crippen LogP contribution in [0.25, 0.3) is 21.8 Å². The van der Waals surface area contributed by atoms with E-state index in [1.807, 2.05) is 39.0 Å². The number of para-hydroxylation sites is 1. The maximum absolute atomic E-state index is 12.9. The van der Waals surface area contributed by atoms with Crippen LogP contribution in [0.15, 0.2) is 60.7 Å². The molecule has 0 saturated carbocycles. The first-order chi connectivity index (χ1) is 14.5. The zero-order valence-corrected chi connectivity index (χ0v) is 18.0. The molecule has 1 N–H and O–H groups in total. The summed E-state index contributed by atoms with van der Waals surface area (Å²) in [5, 5.41) is 5.40. The van der Waals surface area contributed by atoms with E-state index in [4.69, 9.17) is 4.74 Å². The Bertz CT molecular complexity index is 1220. The van der Waals surface area contributed by atoms with E-state index in [0.717, 1.165) is 28.9 Å². The summed E-state index contributed by atoms with van der Waals surface area (Å²) in [6.45, 7) is 9.07. The van der Waals surface area contributed by atoms with Gasteiger partial charge in [-0.25, -0.2) is 0 Å². The van der Waals surface area contributed by atoms with Gasteiger partial charge < -0.3 is 14.6 Å². The third-order valence-electron chi connectivity index (χ3n) is 5.62. The quantitative estimate of drug-likeness (QED) is 0.417. The highest BCUT2D eigenvalue weighted by Gasteiger charge is 2.20. The summed E-state index contributed by atoms with van der Waals surface area (Å²) in [7, 11) is 0. The molecule has 0 radical (unpaired) electrons. The van der Waals surface area contributed by atoms with Crippen molar-refractivity contribution in [2.75, 3.05) is 5.32 Å². The minimum Gasteiger partial charge on any atom is -0.480 e. The summed E-state index contributed by atoms with van der Waals surface area (Å²) in [5.74, 6) is 0.625. The number of benzene rings is 3. The van der Waals surface area contributed by atoms with Crippen molar-refractivity contribution >= 4 is 33.4 Å². The number of aromatic nitrogens is 1. The van der Waals surface area contributed by atoms with Gasteiger partial charge in [0, 0.05) is 34.0 Å². The Morgan fingerprint density at radius 1 is 0.967 bits per heavy atom. The van der Waals surface area contributed by atoms with Crippen molar-refractivity contribution in [2.45, 2.75) is 46.8 Å². The smallest absolute Gasteiger partial charge is 0.265 e. The van der Waals surface area contributed by atoms with Crippen molar-refractivity contribution in [3.8, 4) is 5.75 Å². The summed E-state index contributed by atoms with van der Waals surface area (Å²) >= 11 is 0. The van der Waals surface area contributed by atoms with Crippen LogP contribution < -0.4 is 10.1 Å². The van der Waals surface area contributed by atoms with Crippen LogP contribution in [0.4, 0.5) is 5.69 Å². The van der Waals surface area contributed by atoms with Crippen LogP contribution in [-0.4, -0.2) is 16.6 Å². The lowest BCUT2D eigenvalue weighted by Gasteiger charge is -2.19. The molecule has 4 heteroatoms. The Morgan fingerprint density at radius 3 is 2.47 bits per heavy atom. The molecule has 1 heterocycles. The van der Waals surface area contributed by atoms with Crippen LogP contribution in [0.3, 0.4) is 0 Å². The second kappa shape index (κ2) is 8.23. The standard InChI is InChI=1S/C26H28N2O2/c1-5-24(30-25-14-11-17(3)15-18(25)4)26(29)27-19-12-13-23-21(16-19)20-9-7-8-10-22(20)28(23)6-2/h7-16,24H,5-6H2,1-4H3,(H,27,29)/t24-/m1/s1. The first kappa shape index (κ1) is 20.0. The van der Waals surface area contributed by atoms with Crippen LogP contribution in [0.2, 0.25) is 0 Å². The Kier molecular flexibility index (Phi) is 5.49. The minimum atomic E-state index is -0.543. The summed E-state index contributed by atoms with van der Waals surface area (Å²) in [6, 6.07) is 20.5. The van der Waals surface area contributed by atoms with Crippen molar-refractivity contribution in [3.63, 3.8) is 0 Å². The van der Waals surface area contributed by atoms with Gasteiger partial charge in [0.05, 0.1) is 0 Å². The number of hydrogen-bond donors (Lipinski definition) is 1. The summed E-state index contributed by atoms with van der Waals surface area (Å²) in [4.78, 5) is 12.9. The first-order valence-corrected chi connectivity index (χ1v) is 10.6. The lowest BCUT2D eigenvalue weighted by Crippen LogP contribution is -2.32. The number of ether oxygens (including phenoxy) is 1. The Hall–Kier alpha value is -3.27. The van der Waals surface area contributed by atoms with E-state index in [1.54, 1.807) is 0 Å². The molecule has 0 bridgehead atoms. The topological polar surface area (TPSA) is 43.3 Å². The molecule has 1 atom stereocenters. The summed E-state index contributed by atoms with van der Waals surface area (Å²) < 4.78 is 8.35. The largest absolute Gasteiger partial charge is 0.480 e. The van der Waals surface area contributed by atoms with Gasteiger partial charge >= 0.3 is 0 Å². The zero-order valence-electron chi connectivity index (χ0n) is 18.0. The molecule has 0 spiro atoms. The zero-order chi connectivity index (χ0) is 21.3. The number of fused-ring (bicyclic) bond motifs is 3. The monoisotopic (exact) mass is 400 g/mol. The van der Waals surface area contributed by atoms with Gasteiger partial charge in [0.25, 0.3) is 5.91 Å². The molecule has 1 amide bonds. The predicted octanol–water partition coefficient (Wildman–Crippen LogP) is 6.23. The van der Waals surface area contributed by atoms with E-state index in [1.165, 1.54) is 22.0 Å². The predicted molar refractivity (Wildman–Crippen MR) is 124 cm³/mol. The fourth-order valence-corrected chi connectivity index (χ4v) is 4.10. The molecule has 4 nitrogen and oxygen atoms in total. The van der Waals surface area contributed by atoms with Gasteiger partial charge in [-0.1, -0.05) is 42.8 Å². The lowest BCUT2D eigenvalue weighted by molar-refractivity contribution is -0.122. The van der Waals surface area contributed by atoms with Crippen LogP contribution in [0, 0.1) is 13.8 Å². The molecule has 0 unspecified atom stereocenters. The Balaban J connectivity index is 1.61. The molecule has 0 aliphatic heterocycles. The van der Waals surface area contributed by atoms with Gasteiger partial charge in [-0.05, 0) is 63.1 Å². The Morgan fingerprint density at radius 2 is 1.73 bits per heavy atom. The third kappa shape index (κ3) is 3.65. The molecule has 0 aliphatic carbocycles. The van der Waals surface area contributed by atoms with E-state index >= 15 is 0 Å². The second-order valence-corrected chi connectivity index (χ2v) is 7.77. The van der Waals surface area contributed by atoms with Crippen LogP contribution >= 0.6 is 0 Å². The molecule has 154 valence electrons. The number of aryl methyl sites for hydroxylation is 3. The number of anilines is 1. The van der Waals surface area contributed by atoms with E-state index in [2.05, 4.69) is 59.3 Å². The van der Waals surface area contributed by atoms with Gasteiger partial charge in [-0.15, -0.1) is 0 Å². The van der Waals surface area contributed by atoms with E-state index in [-0.39, 0.29) is 5.91 Å². The number of nitrogens with one attached hydrogen (secondary N) is 1. The average molecular weight is 401 g/mol. The highest BCUT2D eigenvalue weighted by Crippen LogP contribution is 2.31. The summed E-state index contributed by atoms with van der Waals surface area (Å²) in [5.41, 5.74) is 5.39. The van der Waals surface area contributed by atoms with Crippen molar-refractivity contribution < 1.29 is 9.53 Å². The van der Waals surface area contributed by atoms with Gasteiger partial charge in [0.1, 0.15) is 5.75 Å². The normalized spacial score (nSPS) is 12.3. The van der Waals surface area contributed by atoms with Crippen molar-refractivity contribution in [2.24, 2.45) is 0 Å². The summed E-state index contributed by atoms with van der Waals surface area (Å²) in [6.07, 6.45) is 0.0513. The van der Waals surface area contributed by atoms with Crippen molar-refractivity contribution in [3.05, 3.63) is 71.8 Å². The number of carbonyl (C=O) groups excluding carboxylic acids is 1. The SMILES string of the molecule is CC[C@@H](Oc1ccc(C)cc1C)C(=O)Nc1ccc2c(c1)c1ccccc1n2CC. The van der Waals surface area contributed by atoms with Crippen molar-refractivity contribution in [1.29, 1.82) is 0 Å². The molecule has 3 aromatic carbocycles. The van der Waals surface area contributed by atoms with E-state index < -0.39 is 6.10 Å². The molecule has 1 aromatic heterocycles. The van der Waals surface area contributed by atoms with E-state index in [9.17, 15) is 4.79 Å². The molecule has 0 fully saturated rings. The lowest BCUT2D eigenvalue weighted by atomic mass is 10.1. The number of rotatable bonds is 6. The van der Waals surface area contributed by atoms with Gasteiger partial charge in [-0.3, -0.25) is 4.79 Å². The number of nitrogens with zero attached hydrogens (tertiary/aromatic N) is 1. The van der Waals surface area contributed by atoms with Crippen LogP contribution in [-0.2, 0) is 11.3 Å². The number of amides is 1. The molecule has 4 rings (SSSR count). The van der Waals surface area contributed by atoms with E-state index in [0.29, 0.717) is 6.42 Å². The van der Waals surface area contributed by atoms with Gasteiger partial charge in [-0.2, -0.15) is 0 Å². The fraction of sp³-hybridized carbons (Fsp3) is 0.269. The fourth-order valence-electron chi connectivity index (χ4n) is 4.10. The van der Waals surface area contributed by atoms with Gasteiger partial charge in [0.15, 0.2) is 6.10 Å². The average Bonchev–Trinajstić information content (AvgIpc) is 3.06. The first-order valence-electron chi connectivity index (χ1n) is 10.6. The highest BCUT2D eigenvalue weighted by atomic mass is 16.5. The minimum absolute atomic E-state index is 0.129. The van der Waals surface area contributed by atoms with Crippen LogP contribution in [0.1, 0.15) is 31.4 Å². The molecular formula is C26H28N2O2. The number of carbonyl (C=O) groups is 1. The second-order valence-electron chi connectivity index (χ2n) is 7.77. The van der Waals surface area contributed by atoms with Crippen molar-refractivity contribution in [1.82, 2.24) is 4.57 Å². The third-order valence-corrected chi connectivity index (χ3v) is 5.62. The van der Waals surface area contributed by atoms with Crippen LogP contribution in [0.5, 0.6) is 5.75 Å². The maximum Gasteiger partial charge on any atom is 0.265 e. The Labute approximate surface area is 177 Å². The maximum atomic E-state index is 12.9. The van der Waals surface area contributed by atoms with Gasteiger partial charge in [0.2, 0.25) is 0 Å². The highest BCUT2D eigenvalue weighted by molar-refractivity contribution is 6.10. The molecular weight excluding hydrogens is 372 g/mol. The molecule has 0 saturated heterocycles. The molecule has 0 aliphatic rings. The molecule has 4 aromatic rings.